The molecule has 2 unspecified atom stereocenters. The van der Waals surface area contributed by atoms with Gasteiger partial charge in [-0.1, -0.05) is 25.5 Å². The predicted molar refractivity (Wildman–Crippen MR) is 125 cm³/mol. The Bertz CT molecular complexity index is 564. The summed E-state index contributed by atoms with van der Waals surface area (Å²) in [7, 11) is 7.95. The number of guanidine groups is 1. The zero-order chi connectivity index (χ0) is 18.9. The van der Waals surface area contributed by atoms with Crippen molar-refractivity contribution >= 4 is 29.9 Å². The molecule has 0 bridgehead atoms. The van der Waals surface area contributed by atoms with E-state index < -0.39 is 0 Å². The summed E-state index contributed by atoms with van der Waals surface area (Å²) in [4.78, 5) is 9.19. The van der Waals surface area contributed by atoms with E-state index in [9.17, 15) is 0 Å². The third-order valence-electron chi connectivity index (χ3n) is 5.41. The Hall–Kier alpha value is -1.02. The fourth-order valence-electron chi connectivity index (χ4n) is 3.91. The van der Waals surface area contributed by atoms with Crippen LogP contribution in [-0.4, -0.2) is 63.6 Å². The Balaban J connectivity index is 0.00000364. The number of methoxy groups -OCH3 is 1. The zero-order valence-corrected chi connectivity index (χ0v) is 19.9. The molecule has 1 aliphatic heterocycles. The minimum Gasteiger partial charge on any atom is -0.497 e. The molecule has 1 saturated heterocycles. The summed E-state index contributed by atoms with van der Waals surface area (Å²) in [6, 6.07) is 8.99. The number of hydrogen-bond donors (Lipinski definition) is 1. The fraction of sp³-hybridized carbons (Fsp3) is 0.667. The standard InChI is InChI=1S/C21H36N4O.HI/c1-6-7-14-25(4)21(22-2)23-16-18-9-8-15-24(3)20(18)17-10-12-19(26-5)13-11-17;/h10-13,18,20H,6-9,14-16H2,1-5H3,(H,22,23);1H. The monoisotopic (exact) mass is 488 g/mol. The van der Waals surface area contributed by atoms with Gasteiger partial charge in [0.25, 0.3) is 0 Å². The first-order valence-corrected chi connectivity index (χ1v) is 9.86. The van der Waals surface area contributed by atoms with Gasteiger partial charge in [0.2, 0.25) is 0 Å². The van der Waals surface area contributed by atoms with E-state index in [1.54, 1.807) is 7.11 Å². The first-order valence-electron chi connectivity index (χ1n) is 9.86. The largest absolute Gasteiger partial charge is 0.497 e. The number of benzene rings is 1. The summed E-state index contributed by atoms with van der Waals surface area (Å²) in [6.07, 6.45) is 4.88. The highest BCUT2D eigenvalue weighted by atomic mass is 127. The number of nitrogens with zero attached hydrogens (tertiary/aromatic N) is 3. The highest BCUT2D eigenvalue weighted by Gasteiger charge is 2.30. The van der Waals surface area contributed by atoms with Crippen LogP contribution in [0.2, 0.25) is 0 Å². The van der Waals surface area contributed by atoms with Crippen molar-refractivity contribution in [1.29, 1.82) is 0 Å². The van der Waals surface area contributed by atoms with E-state index >= 15 is 0 Å². The van der Waals surface area contributed by atoms with Gasteiger partial charge in [0, 0.05) is 33.2 Å². The third-order valence-corrected chi connectivity index (χ3v) is 5.41. The lowest BCUT2D eigenvalue weighted by molar-refractivity contribution is 0.122. The Morgan fingerprint density at radius 3 is 2.63 bits per heavy atom. The van der Waals surface area contributed by atoms with Crippen molar-refractivity contribution < 1.29 is 4.74 Å². The van der Waals surface area contributed by atoms with Gasteiger partial charge in [0.1, 0.15) is 5.75 Å². The molecule has 0 saturated carbocycles. The highest BCUT2D eigenvalue weighted by molar-refractivity contribution is 14.0. The van der Waals surface area contributed by atoms with E-state index in [-0.39, 0.29) is 24.0 Å². The molecule has 1 aliphatic rings. The molecule has 2 rings (SSSR count). The molecule has 0 aromatic heterocycles. The first-order chi connectivity index (χ1) is 12.6. The molecule has 0 aliphatic carbocycles. The normalized spacial score (nSPS) is 20.7. The van der Waals surface area contributed by atoms with Crippen LogP contribution in [0.15, 0.2) is 29.3 Å². The third kappa shape index (κ3) is 6.82. The van der Waals surface area contributed by atoms with Gasteiger partial charge in [-0.15, -0.1) is 24.0 Å². The molecular formula is C21H37IN4O. The molecule has 1 heterocycles. The minimum atomic E-state index is 0. The number of piperidine rings is 1. The average molecular weight is 488 g/mol. The molecule has 0 radical (unpaired) electrons. The van der Waals surface area contributed by atoms with Crippen LogP contribution in [0.1, 0.15) is 44.2 Å². The van der Waals surface area contributed by atoms with Crippen molar-refractivity contribution in [3.05, 3.63) is 29.8 Å². The molecule has 2 atom stereocenters. The number of hydrogen-bond acceptors (Lipinski definition) is 3. The van der Waals surface area contributed by atoms with Crippen LogP contribution in [0.4, 0.5) is 0 Å². The fourth-order valence-corrected chi connectivity index (χ4v) is 3.91. The number of aliphatic imine (C=N–C) groups is 1. The quantitative estimate of drug-likeness (QED) is 0.358. The molecule has 0 amide bonds. The minimum absolute atomic E-state index is 0. The summed E-state index contributed by atoms with van der Waals surface area (Å²) in [5.41, 5.74) is 1.37. The molecule has 1 fully saturated rings. The maximum atomic E-state index is 5.32. The summed E-state index contributed by atoms with van der Waals surface area (Å²) in [5.74, 6) is 2.48. The van der Waals surface area contributed by atoms with Gasteiger partial charge in [-0.05, 0) is 56.5 Å². The van der Waals surface area contributed by atoms with E-state index in [1.807, 2.05) is 7.05 Å². The summed E-state index contributed by atoms with van der Waals surface area (Å²) < 4.78 is 5.32. The van der Waals surface area contributed by atoms with Crippen molar-refractivity contribution in [2.45, 2.75) is 38.6 Å². The number of halogens is 1. The second kappa shape index (κ2) is 12.4. The molecule has 5 nitrogen and oxygen atoms in total. The maximum Gasteiger partial charge on any atom is 0.193 e. The van der Waals surface area contributed by atoms with Crippen molar-refractivity contribution in [2.24, 2.45) is 10.9 Å². The second-order valence-electron chi connectivity index (χ2n) is 7.30. The lowest BCUT2D eigenvalue weighted by atomic mass is 9.85. The molecule has 1 N–H and O–H groups in total. The molecule has 6 heteroatoms. The smallest absolute Gasteiger partial charge is 0.193 e. The van der Waals surface area contributed by atoms with E-state index in [0.29, 0.717) is 12.0 Å². The second-order valence-corrected chi connectivity index (χ2v) is 7.30. The molecule has 154 valence electrons. The zero-order valence-electron chi connectivity index (χ0n) is 17.6. The van der Waals surface area contributed by atoms with Crippen LogP contribution >= 0.6 is 24.0 Å². The Kier molecular flexibility index (Phi) is 11.1. The lowest BCUT2D eigenvalue weighted by Crippen LogP contribution is -2.45. The molecule has 1 aromatic rings. The molecule has 1 aromatic carbocycles. The van der Waals surface area contributed by atoms with E-state index in [0.717, 1.165) is 31.3 Å². The summed E-state index contributed by atoms with van der Waals surface area (Å²) in [6.45, 7) is 5.37. The topological polar surface area (TPSA) is 40.1 Å². The van der Waals surface area contributed by atoms with Crippen molar-refractivity contribution in [3.8, 4) is 5.75 Å². The summed E-state index contributed by atoms with van der Waals surface area (Å²) in [5, 5.41) is 3.62. The van der Waals surface area contributed by atoms with E-state index in [4.69, 9.17) is 4.74 Å². The molecule has 27 heavy (non-hydrogen) atoms. The van der Waals surface area contributed by atoms with Crippen LogP contribution in [-0.2, 0) is 0 Å². The SMILES string of the molecule is CCCCN(C)C(=NC)NCC1CCCN(C)C1c1ccc(OC)cc1.I. The Morgan fingerprint density at radius 1 is 1.33 bits per heavy atom. The highest BCUT2D eigenvalue weighted by Crippen LogP contribution is 2.35. The van der Waals surface area contributed by atoms with Gasteiger partial charge >= 0.3 is 0 Å². The van der Waals surface area contributed by atoms with Crippen LogP contribution < -0.4 is 10.1 Å². The number of likely N-dealkylation sites (tertiary alicyclic amines) is 1. The van der Waals surface area contributed by atoms with Gasteiger partial charge in [-0.25, -0.2) is 0 Å². The van der Waals surface area contributed by atoms with Crippen LogP contribution in [0.5, 0.6) is 5.75 Å². The van der Waals surface area contributed by atoms with Crippen molar-refractivity contribution in [2.75, 3.05) is 47.9 Å². The van der Waals surface area contributed by atoms with Crippen LogP contribution in [0, 0.1) is 5.92 Å². The number of rotatable bonds is 7. The predicted octanol–water partition coefficient (Wildman–Crippen LogP) is 4.00. The van der Waals surface area contributed by atoms with Crippen LogP contribution in [0.3, 0.4) is 0 Å². The van der Waals surface area contributed by atoms with Crippen molar-refractivity contribution in [1.82, 2.24) is 15.1 Å². The van der Waals surface area contributed by atoms with Gasteiger partial charge in [-0.2, -0.15) is 0 Å². The Labute approximate surface area is 182 Å². The van der Waals surface area contributed by atoms with E-state index in [2.05, 4.69) is 65.4 Å². The van der Waals surface area contributed by atoms with E-state index in [1.165, 1.54) is 31.2 Å². The average Bonchev–Trinajstić information content (AvgIpc) is 2.67. The van der Waals surface area contributed by atoms with Gasteiger partial charge < -0.3 is 15.0 Å². The Morgan fingerprint density at radius 2 is 2.04 bits per heavy atom. The number of unbranched alkanes of at least 4 members (excludes halogenated alkanes) is 1. The van der Waals surface area contributed by atoms with Gasteiger partial charge in [0.05, 0.1) is 7.11 Å². The summed E-state index contributed by atoms with van der Waals surface area (Å²) >= 11 is 0. The van der Waals surface area contributed by atoms with Crippen LogP contribution in [0.25, 0.3) is 0 Å². The molecule has 0 spiro atoms. The maximum absolute atomic E-state index is 5.32. The number of nitrogens with one attached hydrogen (secondary N) is 1. The first kappa shape index (κ1) is 24.0. The lowest BCUT2D eigenvalue weighted by Gasteiger charge is -2.40. The van der Waals surface area contributed by atoms with Crippen molar-refractivity contribution in [3.63, 3.8) is 0 Å². The van der Waals surface area contributed by atoms with Gasteiger partial charge in [0.15, 0.2) is 5.96 Å². The molecular weight excluding hydrogens is 451 g/mol. The van der Waals surface area contributed by atoms with Gasteiger partial charge in [-0.3, -0.25) is 9.89 Å². The number of ether oxygens (including phenoxy) is 1.